The van der Waals surface area contributed by atoms with Gasteiger partial charge in [0.05, 0.1) is 34.5 Å². The number of aryl methyl sites for hydroxylation is 1. The minimum absolute atomic E-state index is 0.131. The molecule has 1 aromatic carbocycles. The standard InChI is InChI=1S/C16H16ClN5O/c1-9-6-11(8-18-21-9)16(23)22(3)10(2)15-19-13-5-4-12(17)7-14(13)20-15/h4-8,10H,1-3H3,(H,19,20). The van der Waals surface area contributed by atoms with Crippen molar-refractivity contribution in [1.82, 2.24) is 25.1 Å². The van der Waals surface area contributed by atoms with Crippen LogP contribution in [0.1, 0.15) is 34.8 Å². The molecule has 0 aliphatic heterocycles. The maximum atomic E-state index is 12.6. The number of nitrogens with one attached hydrogen (secondary N) is 1. The van der Waals surface area contributed by atoms with Crippen LogP contribution in [0.3, 0.4) is 0 Å². The van der Waals surface area contributed by atoms with E-state index in [-0.39, 0.29) is 11.9 Å². The summed E-state index contributed by atoms with van der Waals surface area (Å²) in [7, 11) is 1.74. The van der Waals surface area contributed by atoms with E-state index in [0.717, 1.165) is 11.0 Å². The van der Waals surface area contributed by atoms with E-state index in [1.807, 2.05) is 19.1 Å². The predicted octanol–water partition coefficient (Wildman–Crippen LogP) is 3.15. The molecular formula is C16H16ClN5O. The summed E-state index contributed by atoms with van der Waals surface area (Å²) >= 11 is 5.99. The molecular weight excluding hydrogens is 314 g/mol. The average molecular weight is 330 g/mol. The van der Waals surface area contributed by atoms with Gasteiger partial charge in [-0.05, 0) is 38.1 Å². The van der Waals surface area contributed by atoms with E-state index in [0.29, 0.717) is 22.1 Å². The van der Waals surface area contributed by atoms with Crippen molar-refractivity contribution in [3.8, 4) is 0 Å². The van der Waals surface area contributed by atoms with Gasteiger partial charge in [-0.1, -0.05) is 11.6 Å². The number of aromatic nitrogens is 4. The smallest absolute Gasteiger partial charge is 0.255 e. The van der Waals surface area contributed by atoms with Gasteiger partial charge in [0.1, 0.15) is 5.82 Å². The molecule has 3 rings (SSSR count). The maximum Gasteiger partial charge on any atom is 0.255 e. The molecule has 23 heavy (non-hydrogen) atoms. The molecule has 3 aromatic rings. The van der Waals surface area contributed by atoms with Crippen LogP contribution in [-0.4, -0.2) is 38.0 Å². The Morgan fingerprint density at radius 1 is 1.35 bits per heavy atom. The van der Waals surface area contributed by atoms with Gasteiger partial charge in [0.25, 0.3) is 5.91 Å². The normalized spacial score (nSPS) is 12.3. The molecule has 0 bridgehead atoms. The van der Waals surface area contributed by atoms with Crippen LogP contribution in [-0.2, 0) is 0 Å². The monoisotopic (exact) mass is 329 g/mol. The number of benzene rings is 1. The Kier molecular flexibility index (Phi) is 4.00. The fraction of sp³-hybridized carbons (Fsp3) is 0.250. The SMILES string of the molecule is Cc1cc(C(=O)N(C)C(C)c2nc3ccc(Cl)cc3[nH]2)cnn1. The zero-order valence-electron chi connectivity index (χ0n) is 13.0. The molecule has 0 spiro atoms. The number of rotatable bonds is 3. The van der Waals surface area contributed by atoms with Crippen LogP contribution in [0.2, 0.25) is 5.02 Å². The highest BCUT2D eigenvalue weighted by molar-refractivity contribution is 6.31. The second-order valence-electron chi connectivity index (χ2n) is 5.46. The third-order valence-corrected chi connectivity index (χ3v) is 4.02. The van der Waals surface area contributed by atoms with Crippen molar-refractivity contribution in [2.45, 2.75) is 19.9 Å². The van der Waals surface area contributed by atoms with Crippen molar-refractivity contribution in [3.05, 3.63) is 52.6 Å². The molecule has 1 amide bonds. The first-order valence-corrected chi connectivity index (χ1v) is 7.55. The largest absolute Gasteiger partial charge is 0.340 e. The Balaban J connectivity index is 1.88. The maximum absolute atomic E-state index is 12.6. The van der Waals surface area contributed by atoms with Crippen LogP contribution >= 0.6 is 11.6 Å². The summed E-state index contributed by atoms with van der Waals surface area (Å²) in [5.74, 6) is 0.575. The summed E-state index contributed by atoms with van der Waals surface area (Å²) in [6.07, 6.45) is 1.47. The lowest BCUT2D eigenvalue weighted by molar-refractivity contribution is 0.0736. The number of carbonyl (C=O) groups is 1. The lowest BCUT2D eigenvalue weighted by atomic mass is 10.2. The molecule has 0 saturated heterocycles. The van der Waals surface area contributed by atoms with Crippen molar-refractivity contribution < 1.29 is 4.79 Å². The topological polar surface area (TPSA) is 74.8 Å². The minimum Gasteiger partial charge on any atom is -0.340 e. The first-order valence-electron chi connectivity index (χ1n) is 7.17. The number of nitrogens with zero attached hydrogens (tertiary/aromatic N) is 4. The number of hydrogen-bond donors (Lipinski definition) is 1. The number of hydrogen-bond acceptors (Lipinski definition) is 4. The van der Waals surface area contributed by atoms with E-state index in [2.05, 4.69) is 20.2 Å². The predicted molar refractivity (Wildman–Crippen MR) is 88.4 cm³/mol. The molecule has 0 aliphatic carbocycles. The third kappa shape index (κ3) is 3.03. The molecule has 1 N–H and O–H groups in total. The highest BCUT2D eigenvalue weighted by Crippen LogP contribution is 2.23. The molecule has 7 heteroatoms. The molecule has 0 saturated carbocycles. The summed E-state index contributed by atoms with van der Waals surface area (Å²) in [5.41, 5.74) is 2.88. The number of carbonyl (C=O) groups excluding carboxylic acids is 1. The first kappa shape index (κ1) is 15.4. The molecule has 0 radical (unpaired) electrons. The summed E-state index contributed by atoms with van der Waals surface area (Å²) in [4.78, 5) is 21.9. The summed E-state index contributed by atoms with van der Waals surface area (Å²) in [5, 5.41) is 8.34. The van der Waals surface area contributed by atoms with Gasteiger partial charge in [0.2, 0.25) is 0 Å². The Bertz CT molecular complexity index is 876. The van der Waals surface area contributed by atoms with Gasteiger partial charge in [0.15, 0.2) is 0 Å². The highest BCUT2D eigenvalue weighted by Gasteiger charge is 2.22. The van der Waals surface area contributed by atoms with Crippen LogP contribution < -0.4 is 0 Å². The summed E-state index contributed by atoms with van der Waals surface area (Å²) in [6.45, 7) is 3.72. The van der Waals surface area contributed by atoms with Gasteiger partial charge in [-0.15, -0.1) is 0 Å². The Morgan fingerprint density at radius 3 is 2.87 bits per heavy atom. The second-order valence-corrected chi connectivity index (χ2v) is 5.90. The van der Waals surface area contributed by atoms with Crippen LogP contribution in [0.25, 0.3) is 11.0 Å². The van der Waals surface area contributed by atoms with Crippen LogP contribution in [0.4, 0.5) is 0 Å². The van der Waals surface area contributed by atoms with Gasteiger partial charge in [-0.2, -0.15) is 10.2 Å². The number of halogens is 1. The summed E-state index contributed by atoms with van der Waals surface area (Å²) in [6, 6.07) is 6.96. The lowest BCUT2D eigenvalue weighted by Crippen LogP contribution is -2.30. The Morgan fingerprint density at radius 2 is 2.13 bits per heavy atom. The number of H-pyrrole nitrogens is 1. The molecule has 6 nitrogen and oxygen atoms in total. The van der Waals surface area contributed by atoms with Crippen molar-refractivity contribution in [2.75, 3.05) is 7.05 Å². The zero-order chi connectivity index (χ0) is 16.6. The number of amides is 1. The zero-order valence-corrected chi connectivity index (χ0v) is 13.8. The van der Waals surface area contributed by atoms with E-state index >= 15 is 0 Å². The van der Waals surface area contributed by atoms with Gasteiger partial charge >= 0.3 is 0 Å². The Labute approximate surface area is 138 Å². The van der Waals surface area contributed by atoms with Crippen molar-refractivity contribution in [2.24, 2.45) is 0 Å². The summed E-state index contributed by atoms with van der Waals surface area (Å²) < 4.78 is 0. The van der Waals surface area contributed by atoms with Gasteiger partial charge < -0.3 is 9.88 Å². The second kappa shape index (κ2) is 5.96. The quantitative estimate of drug-likeness (QED) is 0.801. The fourth-order valence-corrected chi connectivity index (χ4v) is 2.52. The average Bonchev–Trinajstić information content (AvgIpc) is 2.95. The van der Waals surface area contributed by atoms with Gasteiger partial charge in [0, 0.05) is 12.1 Å². The van der Waals surface area contributed by atoms with Gasteiger partial charge in [-0.3, -0.25) is 4.79 Å². The first-order chi connectivity index (χ1) is 11.0. The number of aromatic amines is 1. The molecule has 2 aromatic heterocycles. The van der Waals surface area contributed by atoms with Crippen LogP contribution in [0, 0.1) is 6.92 Å². The third-order valence-electron chi connectivity index (χ3n) is 3.78. The van der Waals surface area contributed by atoms with Crippen molar-refractivity contribution in [3.63, 3.8) is 0 Å². The van der Waals surface area contributed by atoms with E-state index in [1.54, 1.807) is 31.0 Å². The number of imidazole rings is 1. The van der Waals surface area contributed by atoms with E-state index in [9.17, 15) is 4.79 Å². The minimum atomic E-state index is -0.220. The van der Waals surface area contributed by atoms with Gasteiger partial charge in [-0.25, -0.2) is 4.98 Å². The van der Waals surface area contributed by atoms with Crippen molar-refractivity contribution in [1.29, 1.82) is 0 Å². The van der Waals surface area contributed by atoms with E-state index in [1.165, 1.54) is 6.20 Å². The molecule has 0 fully saturated rings. The van der Waals surface area contributed by atoms with Crippen LogP contribution in [0.15, 0.2) is 30.5 Å². The lowest BCUT2D eigenvalue weighted by Gasteiger charge is -2.23. The molecule has 1 unspecified atom stereocenters. The van der Waals surface area contributed by atoms with E-state index < -0.39 is 0 Å². The fourth-order valence-electron chi connectivity index (χ4n) is 2.35. The van der Waals surface area contributed by atoms with Crippen molar-refractivity contribution >= 4 is 28.5 Å². The number of fused-ring (bicyclic) bond motifs is 1. The van der Waals surface area contributed by atoms with E-state index in [4.69, 9.17) is 11.6 Å². The molecule has 0 aliphatic rings. The highest BCUT2D eigenvalue weighted by atomic mass is 35.5. The molecule has 1 atom stereocenters. The molecule has 118 valence electrons. The van der Waals surface area contributed by atoms with Crippen LogP contribution in [0.5, 0.6) is 0 Å². The molecule has 2 heterocycles. The Hall–Kier alpha value is -2.47.